The first-order valence-electron chi connectivity index (χ1n) is 9.03. The SMILES string of the molecule is Cc1ccc(S(=O)(=O)N(C)c2ccc(C(=O)Nc3c(F)cccc3F)cc2C)cc1. The number of rotatable bonds is 5. The van der Waals surface area contributed by atoms with E-state index in [0.29, 0.717) is 11.3 Å². The van der Waals surface area contributed by atoms with Crippen molar-refractivity contribution in [3.05, 3.63) is 89.0 Å². The summed E-state index contributed by atoms with van der Waals surface area (Å²) in [6.45, 7) is 3.51. The Bertz CT molecular complexity index is 1190. The number of anilines is 2. The normalized spacial score (nSPS) is 11.2. The maximum Gasteiger partial charge on any atom is 0.264 e. The van der Waals surface area contributed by atoms with Gasteiger partial charge in [-0.2, -0.15) is 0 Å². The van der Waals surface area contributed by atoms with Crippen LogP contribution in [0.3, 0.4) is 0 Å². The molecule has 5 nitrogen and oxygen atoms in total. The maximum atomic E-state index is 13.8. The molecule has 0 bridgehead atoms. The van der Waals surface area contributed by atoms with Gasteiger partial charge in [0.25, 0.3) is 15.9 Å². The molecule has 30 heavy (non-hydrogen) atoms. The summed E-state index contributed by atoms with van der Waals surface area (Å²) < 4.78 is 54.4. The quantitative estimate of drug-likeness (QED) is 0.640. The fourth-order valence-electron chi connectivity index (χ4n) is 2.95. The highest BCUT2D eigenvalue weighted by Gasteiger charge is 2.23. The van der Waals surface area contributed by atoms with Gasteiger partial charge in [0.05, 0.1) is 10.6 Å². The lowest BCUT2D eigenvalue weighted by molar-refractivity contribution is 0.102. The summed E-state index contributed by atoms with van der Waals surface area (Å²) >= 11 is 0. The number of hydrogen-bond acceptors (Lipinski definition) is 3. The van der Waals surface area contributed by atoms with E-state index in [0.717, 1.165) is 22.0 Å². The zero-order valence-corrected chi connectivity index (χ0v) is 17.4. The van der Waals surface area contributed by atoms with E-state index < -0.39 is 33.3 Å². The van der Waals surface area contributed by atoms with Gasteiger partial charge in [0.1, 0.15) is 17.3 Å². The number of carbonyl (C=O) groups is 1. The van der Waals surface area contributed by atoms with Crippen LogP contribution in [0.4, 0.5) is 20.2 Å². The zero-order chi connectivity index (χ0) is 22.1. The average molecular weight is 430 g/mol. The Balaban J connectivity index is 1.87. The Kier molecular flexibility index (Phi) is 5.89. The van der Waals surface area contributed by atoms with Crippen LogP contribution < -0.4 is 9.62 Å². The molecule has 0 radical (unpaired) electrons. The number of nitrogens with zero attached hydrogens (tertiary/aromatic N) is 1. The average Bonchev–Trinajstić information content (AvgIpc) is 2.70. The summed E-state index contributed by atoms with van der Waals surface area (Å²) in [4.78, 5) is 12.6. The minimum atomic E-state index is -3.79. The highest BCUT2D eigenvalue weighted by molar-refractivity contribution is 7.92. The van der Waals surface area contributed by atoms with Gasteiger partial charge in [-0.05, 0) is 61.9 Å². The number of sulfonamides is 1. The molecule has 8 heteroatoms. The summed E-state index contributed by atoms with van der Waals surface area (Å²) in [5.74, 6) is -2.49. The third-order valence-electron chi connectivity index (χ3n) is 4.68. The first kappa shape index (κ1) is 21.4. The van der Waals surface area contributed by atoms with Crippen molar-refractivity contribution in [2.45, 2.75) is 18.7 Å². The maximum absolute atomic E-state index is 13.8. The molecule has 3 aromatic carbocycles. The van der Waals surface area contributed by atoms with Crippen molar-refractivity contribution >= 4 is 27.3 Å². The van der Waals surface area contributed by atoms with Gasteiger partial charge in [0.2, 0.25) is 0 Å². The summed E-state index contributed by atoms with van der Waals surface area (Å²) in [7, 11) is -2.37. The topological polar surface area (TPSA) is 66.5 Å². The molecule has 0 atom stereocenters. The summed E-state index contributed by atoms with van der Waals surface area (Å²) in [6, 6.07) is 14.1. The zero-order valence-electron chi connectivity index (χ0n) is 16.6. The van der Waals surface area contributed by atoms with Crippen molar-refractivity contribution < 1.29 is 22.0 Å². The molecule has 0 heterocycles. The van der Waals surface area contributed by atoms with E-state index in [-0.39, 0.29) is 10.5 Å². The van der Waals surface area contributed by atoms with Crippen LogP contribution >= 0.6 is 0 Å². The number of para-hydroxylation sites is 1. The Hall–Kier alpha value is -3.26. The van der Waals surface area contributed by atoms with E-state index in [2.05, 4.69) is 5.32 Å². The molecule has 0 aromatic heterocycles. The summed E-state index contributed by atoms with van der Waals surface area (Å²) in [5.41, 5.74) is 1.43. The predicted molar refractivity (Wildman–Crippen MR) is 112 cm³/mol. The molecular formula is C22H20F2N2O3S. The van der Waals surface area contributed by atoms with E-state index in [4.69, 9.17) is 0 Å². The molecule has 0 spiro atoms. The molecule has 3 rings (SSSR count). The van der Waals surface area contributed by atoms with E-state index in [1.165, 1.54) is 43.4 Å². The van der Waals surface area contributed by atoms with Crippen molar-refractivity contribution in [2.75, 3.05) is 16.7 Å². The van der Waals surface area contributed by atoms with Crippen LogP contribution in [0.2, 0.25) is 0 Å². The Morgan fingerprint density at radius 2 is 1.53 bits per heavy atom. The molecule has 0 saturated carbocycles. The van der Waals surface area contributed by atoms with E-state index in [1.807, 2.05) is 6.92 Å². The number of benzene rings is 3. The third kappa shape index (κ3) is 4.18. The van der Waals surface area contributed by atoms with Gasteiger partial charge < -0.3 is 5.32 Å². The lowest BCUT2D eigenvalue weighted by Crippen LogP contribution is -2.27. The second-order valence-corrected chi connectivity index (χ2v) is 8.81. The number of halogens is 2. The highest BCUT2D eigenvalue weighted by Crippen LogP contribution is 2.27. The van der Waals surface area contributed by atoms with Crippen LogP contribution in [0.25, 0.3) is 0 Å². The smallest absolute Gasteiger partial charge is 0.264 e. The highest BCUT2D eigenvalue weighted by atomic mass is 32.2. The molecule has 0 aliphatic carbocycles. The van der Waals surface area contributed by atoms with Gasteiger partial charge in [0, 0.05) is 12.6 Å². The van der Waals surface area contributed by atoms with Crippen molar-refractivity contribution in [3.8, 4) is 0 Å². The van der Waals surface area contributed by atoms with Crippen LogP contribution in [0.5, 0.6) is 0 Å². The largest absolute Gasteiger partial charge is 0.317 e. The Morgan fingerprint density at radius 1 is 0.933 bits per heavy atom. The van der Waals surface area contributed by atoms with Crippen LogP contribution in [0.15, 0.2) is 65.6 Å². The Morgan fingerprint density at radius 3 is 2.10 bits per heavy atom. The first-order chi connectivity index (χ1) is 14.1. The van der Waals surface area contributed by atoms with E-state index in [9.17, 15) is 22.0 Å². The number of nitrogens with one attached hydrogen (secondary N) is 1. The molecule has 0 unspecified atom stereocenters. The van der Waals surface area contributed by atoms with Crippen molar-refractivity contribution in [1.82, 2.24) is 0 Å². The van der Waals surface area contributed by atoms with E-state index >= 15 is 0 Å². The number of carbonyl (C=O) groups excluding carboxylic acids is 1. The number of aryl methyl sites for hydroxylation is 2. The van der Waals surface area contributed by atoms with Crippen LogP contribution in [-0.2, 0) is 10.0 Å². The second kappa shape index (κ2) is 8.23. The Labute approximate surface area is 174 Å². The van der Waals surface area contributed by atoms with Crippen LogP contribution in [0.1, 0.15) is 21.5 Å². The van der Waals surface area contributed by atoms with Crippen LogP contribution in [-0.4, -0.2) is 21.4 Å². The fourth-order valence-corrected chi connectivity index (χ4v) is 4.21. The van der Waals surface area contributed by atoms with Gasteiger partial charge >= 0.3 is 0 Å². The van der Waals surface area contributed by atoms with E-state index in [1.54, 1.807) is 19.1 Å². The fraction of sp³-hybridized carbons (Fsp3) is 0.136. The molecular weight excluding hydrogens is 410 g/mol. The first-order valence-corrected chi connectivity index (χ1v) is 10.5. The van der Waals surface area contributed by atoms with Gasteiger partial charge in [-0.15, -0.1) is 0 Å². The lowest BCUT2D eigenvalue weighted by Gasteiger charge is -2.22. The molecule has 156 valence electrons. The molecule has 0 saturated heterocycles. The molecule has 1 N–H and O–H groups in total. The van der Waals surface area contributed by atoms with Gasteiger partial charge in [0.15, 0.2) is 0 Å². The van der Waals surface area contributed by atoms with Crippen molar-refractivity contribution in [1.29, 1.82) is 0 Å². The molecule has 3 aromatic rings. The van der Waals surface area contributed by atoms with Crippen LogP contribution in [0, 0.1) is 25.5 Å². The minimum Gasteiger partial charge on any atom is -0.317 e. The lowest BCUT2D eigenvalue weighted by atomic mass is 10.1. The van der Waals surface area contributed by atoms with Crippen molar-refractivity contribution in [3.63, 3.8) is 0 Å². The third-order valence-corrected chi connectivity index (χ3v) is 6.46. The molecule has 0 aliphatic heterocycles. The standard InChI is InChI=1S/C22H20F2N2O3S/c1-14-7-10-17(11-8-14)30(28,29)26(3)20-12-9-16(13-15(20)2)22(27)25-21-18(23)5-4-6-19(21)24/h4-13H,1-3H3,(H,25,27). The number of hydrogen-bond donors (Lipinski definition) is 1. The van der Waals surface area contributed by atoms with Gasteiger partial charge in [-0.3, -0.25) is 9.10 Å². The predicted octanol–water partition coefficient (Wildman–Crippen LogP) is 4.66. The summed E-state index contributed by atoms with van der Waals surface area (Å²) in [5, 5.41) is 2.21. The summed E-state index contributed by atoms with van der Waals surface area (Å²) in [6.07, 6.45) is 0. The minimum absolute atomic E-state index is 0.139. The monoisotopic (exact) mass is 430 g/mol. The van der Waals surface area contributed by atoms with Crippen molar-refractivity contribution in [2.24, 2.45) is 0 Å². The second-order valence-electron chi connectivity index (χ2n) is 6.84. The molecule has 0 aliphatic rings. The molecule has 1 amide bonds. The molecule has 0 fully saturated rings. The van der Waals surface area contributed by atoms with Gasteiger partial charge in [-0.25, -0.2) is 17.2 Å². The number of amides is 1. The van der Waals surface area contributed by atoms with Gasteiger partial charge in [-0.1, -0.05) is 23.8 Å².